The quantitative estimate of drug-likeness (QED) is 0.871. The molecule has 0 unspecified atom stereocenters. The topological polar surface area (TPSA) is 38.3 Å². The highest BCUT2D eigenvalue weighted by Gasteiger charge is 2.11. The van der Waals surface area contributed by atoms with E-state index in [9.17, 15) is 13.6 Å². The van der Waals surface area contributed by atoms with E-state index in [0.717, 1.165) is 18.2 Å². The van der Waals surface area contributed by atoms with E-state index >= 15 is 0 Å². The van der Waals surface area contributed by atoms with Crippen LogP contribution in [0.3, 0.4) is 0 Å². The third-order valence-electron chi connectivity index (χ3n) is 2.82. The van der Waals surface area contributed by atoms with Crippen molar-refractivity contribution in [3.8, 4) is 0 Å². The largest absolute Gasteiger partial charge is 0.465 e. The molecule has 20 heavy (non-hydrogen) atoms. The molecule has 2 aromatic carbocycles. The van der Waals surface area contributed by atoms with E-state index in [0.29, 0.717) is 11.1 Å². The molecule has 1 N–H and O–H groups in total. The number of carbonyl (C=O) groups is 1. The fourth-order valence-corrected chi connectivity index (χ4v) is 1.81. The summed E-state index contributed by atoms with van der Waals surface area (Å²) in [6.07, 6.45) is 0. The zero-order valence-electron chi connectivity index (χ0n) is 10.8. The van der Waals surface area contributed by atoms with Crippen molar-refractivity contribution in [2.45, 2.75) is 6.54 Å². The number of nitrogens with one attached hydrogen (secondary N) is 1. The second kappa shape index (κ2) is 6.14. The Bertz CT molecular complexity index is 629. The Hall–Kier alpha value is -2.43. The highest BCUT2D eigenvalue weighted by atomic mass is 19.1. The summed E-state index contributed by atoms with van der Waals surface area (Å²) >= 11 is 0. The predicted octanol–water partition coefficient (Wildman–Crippen LogP) is 3.36. The molecule has 3 nitrogen and oxygen atoms in total. The van der Waals surface area contributed by atoms with Gasteiger partial charge in [-0.15, -0.1) is 0 Å². The van der Waals surface area contributed by atoms with Crippen LogP contribution in [0.25, 0.3) is 0 Å². The van der Waals surface area contributed by atoms with E-state index in [2.05, 4.69) is 10.1 Å². The fourth-order valence-electron chi connectivity index (χ4n) is 1.81. The molecular weight excluding hydrogens is 264 g/mol. The smallest absolute Gasteiger partial charge is 0.338 e. The number of rotatable bonds is 4. The summed E-state index contributed by atoms with van der Waals surface area (Å²) < 4.78 is 31.2. The molecule has 2 aromatic rings. The number of ether oxygens (including phenoxy) is 1. The first-order chi connectivity index (χ1) is 9.61. The van der Waals surface area contributed by atoms with E-state index in [1.165, 1.54) is 7.11 Å². The second-order valence-electron chi connectivity index (χ2n) is 4.13. The summed E-state index contributed by atoms with van der Waals surface area (Å²) in [4.78, 5) is 11.6. The zero-order chi connectivity index (χ0) is 14.5. The summed E-state index contributed by atoms with van der Waals surface area (Å²) in [5, 5.41) is 2.77. The molecule has 0 radical (unpaired) electrons. The van der Waals surface area contributed by atoms with Gasteiger partial charge in [0.25, 0.3) is 0 Å². The van der Waals surface area contributed by atoms with Crippen molar-refractivity contribution in [2.24, 2.45) is 0 Å². The van der Waals surface area contributed by atoms with Crippen molar-refractivity contribution in [3.05, 3.63) is 65.2 Å². The molecule has 0 spiro atoms. The van der Waals surface area contributed by atoms with E-state index in [1.54, 1.807) is 24.3 Å². The minimum atomic E-state index is -0.554. The van der Waals surface area contributed by atoms with Gasteiger partial charge in [0.05, 0.1) is 18.4 Å². The molecule has 0 aromatic heterocycles. The number of hydrogen-bond donors (Lipinski definition) is 1. The van der Waals surface area contributed by atoms with Crippen LogP contribution in [0.15, 0.2) is 42.5 Å². The number of benzene rings is 2. The first kappa shape index (κ1) is 14.0. The van der Waals surface area contributed by atoms with Crippen molar-refractivity contribution >= 4 is 11.7 Å². The van der Waals surface area contributed by atoms with Gasteiger partial charge in [-0.1, -0.05) is 18.2 Å². The first-order valence-corrected chi connectivity index (χ1v) is 5.97. The number of halogens is 2. The Kier molecular flexibility index (Phi) is 4.30. The Morgan fingerprint density at radius 3 is 2.70 bits per heavy atom. The molecule has 0 atom stereocenters. The second-order valence-corrected chi connectivity index (χ2v) is 4.13. The summed E-state index contributed by atoms with van der Waals surface area (Å²) in [5.74, 6) is -1.56. The lowest BCUT2D eigenvalue weighted by atomic mass is 10.1. The summed E-state index contributed by atoms with van der Waals surface area (Å²) in [6, 6.07) is 9.95. The zero-order valence-corrected chi connectivity index (χ0v) is 10.8. The molecule has 0 heterocycles. The van der Waals surface area contributed by atoms with E-state index < -0.39 is 17.6 Å². The number of carbonyl (C=O) groups excluding carboxylic acids is 1. The van der Waals surface area contributed by atoms with Crippen LogP contribution >= 0.6 is 0 Å². The van der Waals surface area contributed by atoms with Crippen molar-refractivity contribution in [1.29, 1.82) is 0 Å². The van der Waals surface area contributed by atoms with Crippen molar-refractivity contribution < 1.29 is 18.3 Å². The van der Waals surface area contributed by atoms with Gasteiger partial charge in [0.1, 0.15) is 11.6 Å². The van der Waals surface area contributed by atoms with Gasteiger partial charge in [-0.05, 0) is 29.8 Å². The number of esters is 1. The van der Waals surface area contributed by atoms with Crippen molar-refractivity contribution in [2.75, 3.05) is 12.4 Å². The molecule has 0 aliphatic rings. The number of methoxy groups -OCH3 is 1. The van der Waals surface area contributed by atoms with E-state index in [1.807, 2.05) is 0 Å². The molecule has 0 aliphatic heterocycles. The van der Waals surface area contributed by atoms with Gasteiger partial charge in [-0.2, -0.15) is 0 Å². The number of hydrogen-bond acceptors (Lipinski definition) is 3. The molecule has 0 amide bonds. The van der Waals surface area contributed by atoms with Crippen LogP contribution in [0.5, 0.6) is 0 Å². The molecule has 2 rings (SSSR count). The molecule has 0 saturated heterocycles. The van der Waals surface area contributed by atoms with Gasteiger partial charge in [0.15, 0.2) is 0 Å². The normalized spacial score (nSPS) is 10.2. The van der Waals surface area contributed by atoms with Gasteiger partial charge < -0.3 is 10.1 Å². The molecule has 0 aliphatic carbocycles. The third kappa shape index (κ3) is 3.12. The molecule has 0 fully saturated rings. The molecular formula is C15H13F2NO2. The maximum atomic E-state index is 13.5. The van der Waals surface area contributed by atoms with Crippen LogP contribution in [-0.4, -0.2) is 13.1 Å². The van der Waals surface area contributed by atoms with Crippen LogP contribution in [-0.2, 0) is 11.3 Å². The van der Waals surface area contributed by atoms with Gasteiger partial charge in [-0.3, -0.25) is 0 Å². The van der Waals surface area contributed by atoms with Gasteiger partial charge in [0.2, 0.25) is 0 Å². The Morgan fingerprint density at radius 2 is 1.95 bits per heavy atom. The molecule has 0 saturated carbocycles. The van der Waals surface area contributed by atoms with Crippen LogP contribution in [0.1, 0.15) is 15.9 Å². The summed E-state index contributed by atoms with van der Waals surface area (Å²) in [7, 11) is 1.29. The average Bonchev–Trinajstić information content (AvgIpc) is 2.47. The maximum absolute atomic E-state index is 13.5. The Balaban J connectivity index is 2.19. The first-order valence-electron chi connectivity index (χ1n) is 5.97. The standard InChI is InChI=1S/C15H13F2NO2/c1-20-15(19)12-5-3-2-4-10(12)9-18-14-8-11(16)6-7-13(14)17/h2-8,18H,9H2,1H3. The Labute approximate surface area is 115 Å². The van der Waals surface area contributed by atoms with Crippen molar-refractivity contribution in [1.82, 2.24) is 0 Å². The molecule has 104 valence electrons. The highest BCUT2D eigenvalue weighted by Crippen LogP contribution is 2.18. The van der Waals surface area contributed by atoms with Gasteiger partial charge in [0, 0.05) is 6.54 Å². The lowest BCUT2D eigenvalue weighted by Gasteiger charge is -2.10. The maximum Gasteiger partial charge on any atom is 0.338 e. The Morgan fingerprint density at radius 1 is 1.20 bits per heavy atom. The lowest BCUT2D eigenvalue weighted by Crippen LogP contribution is -2.09. The van der Waals surface area contributed by atoms with Gasteiger partial charge >= 0.3 is 5.97 Å². The lowest BCUT2D eigenvalue weighted by molar-refractivity contribution is 0.0599. The van der Waals surface area contributed by atoms with Crippen molar-refractivity contribution in [3.63, 3.8) is 0 Å². The number of anilines is 1. The fraction of sp³-hybridized carbons (Fsp3) is 0.133. The van der Waals surface area contributed by atoms with Crippen LogP contribution < -0.4 is 5.32 Å². The monoisotopic (exact) mass is 277 g/mol. The molecule has 0 bridgehead atoms. The predicted molar refractivity (Wildman–Crippen MR) is 71.5 cm³/mol. The van der Waals surface area contributed by atoms with E-state index in [4.69, 9.17) is 0 Å². The van der Waals surface area contributed by atoms with Crippen LogP contribution in [0.4, 0.5) is 14.5 Å². The summed E-state index contributed by atoms with van der Waals surface area (Å²) in [6.45, 7) is 0.186. The summed E-state index contributed by atoms with van der Waals surface area (Å²) in [5.41, 5.74) is 1.08. The average molecular weight is 277 g/mol. The van der Waals surface area contributed by atoms with Crippen LogP contribution in [0, 0.1) is 11.6 Å². The van der Waals surface area contributed by atoms with Crippen LogP contribution in [0.2, 0.25) is 0 Å². The SMILES string of the molecule is COC(=O)c1ccccc1CNc1cc(F)ccc1F. The van der Waals surface area contributed by atoms with Gasteiger partial charge in [-0.25, -0.2) is 13.6 Å². The minimum absolute atomic E-state index is 0.0460. The minimum Gasteiger partial charge on any atom is -0.465 e. The molecule has 5 heteroatoms. The highest BCUT2D eigenvalue weighted by molar-refractivity contribution is 5.91. The third-order valence-corrected chi connectivity index (χ3v) is 2.82. The van der Waals surface area contributed by atoms with E-state index in [-0.39, 0.29) is 12.2 Å².